The zero-order chi connectivity index (χ0) is 5.98. The van der Waals surface area contributed by atoms with Crippen molar-refractivity contribution in [1.29, 1.82) is 0 Å². The zero-order valence-corrected chi connectivity index (χ0v) is 4.39. The van der Waals surface area contributed by atoms with Gasteiger partial charge in [0.2, 0.25) is 0 Å². The van der Waals surface area contributed by atoms with Gasteiger partial charge in [0.25, 0.3) is 5.91 Å². The Morgan fingerprint density at radius 2 is 2.62 bits per heavy atom. The van der Waals surface area contributed by atoms with Gasteiger partial charge in [-0.15, -0.1) is 0 Å². The summed E-state index contributed by atoms with van der Waals surface area (Å²) in [6, 6.07) is 0. The average Bonchev–Trinajstić information content (AvgIpc) is 1.77. The molecule has 1 aliphatic heterocycles. The quantitative estimate of drug-likeness (QED) is 0.401. The van der Waals surface area contributed by atoms with Gasteiger partial charge in [0.15, 0.2) is 6.23 Å². The molecule has 0 aromatic rings. The molecule has 1 amide bonds. The van der Waals surface area contributed by atoms with Crippen LogP contribution in [0.15, 0.2) is 0 Å². The van der Waals surface area contributed by atoms with Gasteiger partial charge in [0.05, 0.1) is 6.61 Å². The molecule has 1 aliphatic rings. The summed E-state index contributed by atoms with van der Waals surface area (Å²) < 4.78 is 4.76. The first-order valence-electron chi connectivity index (χ1n) is 2.45. The SMILES string of the molecule is NC1OCCNC1=O. The highest BCUT2D eigenvalue weighted by molar-refractivity contribution is 5.80. The Kier molecular flexibility index (Phi) is 1.45. The van der Waals surface area contributed by atoms with Crippen LogP contribution < -0.4 is 11.1 Å². The van der Waals surface area contributed by atoms with Crippen molar-refractivity contribution in [2.75, 3.05) is 13.2 Å². The first-order chi connectivity index (χ1) is 3.80. The first kappa shape index (κ1) is 5.53. The molecule has 1 fully saturated rings. The van der Waals surface area contributed by atoms with Crippen LogP contribution >= 0.6 is 0 Å². The van der Waals surface area contributed by atoms with E-state index in [0.717, 1.165) is 0 Å². The molecule has 3 N–H and O–H groups in total. The summed E-state index contributed by atoms with van der Waals surface area (Å²) in [5.41, 5.74) is 5.14. The van der Waals surface area contributed by atoms with Crippen molar-refractivity contribution in [3.8, 4) is 0 Å². The Balaban J connectivity index is 2.39. The Hall–Kier alpha value is -0.610. The number of hydrogen-bond acceptors (Lipinski definition) is 3. The van der Waals surface area contributed by atoms with E-state index in [1.54, 1.807) is 0 Å². The molecule has 0 radical (unpaired) electrons. The molecule has 0 spiro atoms. The minimum atomic E-state index is -0.747. The maximum absolute atomic E-state index is 10.4. The van der Waals surface area contributed by atoms with Crippen LogP contribution in [0.4, 0.5) is 0 Å². The van der Waals surface area contributed by atoms with Crippen molar-refractivity contribution in [3.05, 3.63) is 0 Å². The van der Waals surface area contributed by atoms with Crippen LogP contribution in [0.25, 0.3) is 0 Å². The summed E-state index contributed by atoms with van der Waals surface area (Å²) in [6.45, 7) is 1.10. The summed E-state index contributed by atoms with van der Waals surface area (Å²) in [7, 11) is 0. The number of morpholine rings is 1. The molecule has 4 nitrogen and oxygen atoms in total. The molecule has 8 heavy (non-hydrogen) atoms. The minimum Gasteiger partial charge on any atom is -0.352 e. The van der Waals surface area contributed by atoms with Crippen LogP contribution in [-0.2, 0) is 9.53 Å². The largest absolute Gasteiger partial charge is 0.352 e. The van der Waals surface area contributed by atoms with Crippen LogP contribution in [0.3, 0.4) is 0 Å². The van der Waals surface area contributed by atoms with E-state index >= 15 is 0 Å². The molecule has 1 atom stereocenters. The van der Waals surface area contributed by atoms with Crippen LogP contribution in [-0.4, -0.2) is 25.3 Å². The molecule has 1 rings (SSSR count). The Morgan fingerprint density at radius 1 is 1.88 bits per heavy atom. The second kappa shape index (κ2) is 2.11. The number of carbonyl (C=O) groups is 1. The van der Waals surface area contributed by atoms with E-state index in [-0.39, 0.29) is 5.91 Å². The van der Waals surface area contributed by atoms with Gasteiger partial charge in [0.1, 0.15) is 0 Å². The highest BCUT2D eigenvalue weighted by Gasteiger charge is 2.16. The van der Waals surface area contributed by atoms with Crippen LogP contribution in [0.5, 0.6) is 0 Å². The first-order valence-corrected chi connectivity index (χ1v) is 2.45. The lowest BCUT2D eigenvalue weighted by atomic mass is 10.4. The second-order valence-electron chi connectivity index (χ2n) is 1.58. The maximum Gasteiger partial charge on any atom is 0.264 e. The molecule has 1 heterocycles. The molecule has 0 aliphatic carbocycles. The molecular weight excluding hydrogens is 108 g/mol. The average molecular weight is 116 g/mol. The Bertz CT molecular complexity index is 104. The number of amides is 1. The molecule has 0 aromatic carbocycles. The van der Waals surface area contributed by atoms with E-state index in [4.69, 9.17) is 10.5 Å². The molecular formula is C4H8N2O2. The number of carbonyl (C=O) groups excluding carboxylic acids is 1. The Morgan fingerprint density at radius 3 is 3.00 bits per heavy atom. The zero-order valence-electron chi connectivity index (χ0n) is 4.39. The maximum atomic E-state index is 10.4. The normalized spacial score (nSPS) is 29.6. The third-order valence-corrected chi connectivity index (χ3v) is 0.957. The molecule has 4 heteroatoms. The number of ether oxygens (including phenoxy) is 1. The van der Waals surface area contributed by atoms with Gasteiger partial charge in [-0.3, -0.25) is 10.5 Å². The van der Waals surface area contributed by atoms with Crippen molar-refractivity contribution in [3.63, 3.8) is 0 Å². The van der Waals surface area contributed by atoms with E-state index in [1.165, 1.54) is 0 Å². The number of nitrogens with two attached hydrogens (primary N) is 1. The van der Waals surface area contributed by atoms with E-state index < -0.39 is 6.23 Å². The number of hydrogen-bond donors (Lipinski definition) is 2. The van der Waals surface area contributed by atoms with E-state index in [9.17, 15) is 4.79 Å². The number of nitrogens with one attached hydrogen (secondary N) is 1. The fourth-order valence-electron chi connectivity index (χ4n) is 0.536. The van der Waals surface area contributed by atoms with Crippen molar-refractivity contribution in [1.82, 2.24) is 5.32 Å². The van der Waals surface area contributed by atoms with E-state index in [0.29, 0.717) is 13.2 Å². The summed E-state index contributed by atoms with van der Waals surface area (Å²) in [5.74, 6) is -0.226. The summed E-state index contributed by atoms with van der Waals surface area (Å²) in [5, 5.41) is 2.54. The van der Waals surface area contributed by atoms with Gasteiger partial charge in [-0.25, -0.2) is 0 Å². The molecule has 0 bridgehead atoms. The van der Waals surface area contributed by atoms with Crippen LogP contribution in [0, 0.1) is 0 Å². The fraction of sp³-hybridized carbons (Fsp3) is 0.750. The third kappa shape index (κ3) is 0.962. The van der Waals surface area contributed by atoms with Crippen molar-refractivity contribution in [2.24, 2.45) is 5.73 Å². The summed E-state index contributed by atoms with van der Waals surface area (Å²) in [6.07, 6.45) is -0.747. The van der Waals surface area contributed by atoms with Gasteiger partial charge in [-0.1, -0.05) is 0 Å². The van der Waals surface area contributed by atoms with Crippen LogP contribution in [0.1, 0.15) is 0 Å². The second-order valence-corrected chi connectivity index (χ2v) is 1.58. The lowest BCUT2D eigenvalue weighted by Gasteiger charge is -2.17. The number of rotatable bonds is 0. The topological polar surface area (TPSA) is 64.3 Å². The summed E-state index contributed by atoms with van der Waals surface area (Å²) in [4.78, 5) is 10.4. The molecule has 1 unspecified atom stereocenters. The molecule has 1 saturated heterocycles. The van der Waals surface area contributed by atoms with Gasteiger partial charge in [-0.2, -0.15) is 0 Å². The van der Waals surface area contributed by atoms with Gasteiger partial charge >= 0.3 is 0 Å². The van der Waals surface area contributed by atoms with Crippen LogP contribution in [0.2, 0.25) is 0 Å². The minimum absolute atomic E-state index is 0.226. The van der Waals surface area contributed by atoms with Crippen molar-refractivity contribution < 1.29 is 9.53 Å². The van der Waals surface area contributed by atoms with Crippen molar-refractivity contribution >= 4 is 5.91 Å². The third-order valence-electron chi connectivity index (χ3n) is 0.957. The Labute approximate surface area is 47.0 Å². The van der Waals surface area contributed by atoms with Crippen molar-refractivity contribution in [2.45, 2.75) is 6.23 Å². The predicted octanol–water partition coefficient (Wildman–Crippen LogP) is -1.58. The monoisotopic (exact) mass is 116 g/mol. The lowest BCUT2D eigenvalue weighted by molar-refractivity contribution is -0.137. The smallest absolute Gasteiger partial charge is 0.264 e. The highest BCUT2D eigenvalue weighted by Crippen LogP contribution is 1.87. The van der Waals surface area contributed by atoms with E-state index in [2.05, 4.69) is 5.32 Å². The van der Waals surface area contributed by atoms with Gasteiger partial charge in [0, 0.05) is 6.54 Å². The molecule has 46 valence electrons. The predicted molar refractivity (Wildman–Crippen MR) is 26.9 cm³/mol. The standard InChI is InChI=1S/C4H8N2O2/c5-3-4(7)6-1-2-8-3/h3H,1-2,5H2,(H,6,7). The molecule has 0 saturated carbocycles. The van der Waals surface area contributed by atoms with Gasteiger partial charge in [-0.05, 0) is 0 Å². The molecule has 0 aromatic heterocycles. The van der Waals surface area contributed by atoms with E-state index in [1.807, 2.05) is 0 Å². The highest BCUT2D eigenvalue weighted by atomic mass is 16.5. The fourth-order valence-corrected chi connectivity index (χ4v) is 0.536. The lowest BCUT2D eigenvalue weighted by Crippen LogP contribution is -2.48. The summed E-state index contributed by atoms with van der Waals surface area (Å²) >= 11 is 0. The van der Waals surface area contributed by atoms with Gasteiger partial charge < -0.3 is 10.1 Å².